The summed E-state index contributed by atoms with van der Waals surface area (Å²) in [4.78, 5) is 12.0. The van der Waals surface area contributed by atoms with Gasteiger partial charge in [0.1, 0.15) is 16.7 Å². The highest BCUT2D eigenvalue weighted by molar-refractivity contribution is 7.89. The third kappa shape index (κ3) is 5.29. The minimum absolute atomic E-state index is 0. The highest BCUT2D eigenvalue weighted by Gasteiger charge is 2.29. The van der Waals surface area contributed by atoms with Crippen molar-refractivity contribution in [1.82, 2.24) is 4.31 Å². The Kier molecular flexibility index (Phi) is 8.74. The molecule has 9 nitrogen and oxygen atoms in total. The molecule has 1 heterocycles. The van der Waals surface area contributed by atoms with Crippen molar-refractivity contribution in [2.45, 2.75) is 10.9 Å². The topological polar surface area (TPSA) is 120 Å². The molecule has 1 atom stereocenters. The van der Waals surface area contributed by atoms with Crippen LogP contribution in [0, 0.1) is 0 Å². The van der Waals surface area contributed by atoms with E-state index in [1.165, 1.54) is 30.7 Å². The molecule has 11 heteroatoms. The number of sulfonamides is 1. The van der Waals surface area contributed by atoms with E-state index in [0.717, 1.165) is 0 Å². The van der Waals surface area contributed by atoms with Gasteiger partial charge < -0.3 is 25.3 Å². The summed E-state index contributed by atoms with van der Waals surface area (Å²) < 4.78 is 42.3. The van der Waals surface area contributed by atoms with Crippen molar-refractivity contribution in [3.8, 4) is 5.75 Å². The zero-order valence-corrected chi connectivity index (χ0v) is 16.3. The van der Waals surface area contributed by atoms with Gasteiger partial charge in [0.05, 0.1) is 26.9 Å². The van der Waals surface area contributed by atoms with E-state index in [2.05, 4.69) is 5.32 Å². The predicted octanol–water partition coefficient (Wildman–Crippen LogP) is 0.0501. The van der Waals surface area contributed by atoms with Gasteiger partial charge in [-0.1, -0.05) is 0 Å². The van der Waals surface area contributed by atoms with Crippen LogP contribution >= 0.6 is 12.4 Å². The number of methoxy groups -OCH3 is 2. The first-order valence-electron chi connectivity index (χ1n) is 7.71. The van der Waals surface area contributed by atoms with Gasteiger partial charge in [0.2, 0.25) is 15.9 Å². The molecule has 1 aliphatic heterocycles. The molecule has 1 unspecified atom stereocenters. The van der Waals surface area contributed by atoms with Crippen molar-refractivity contribution in [1.29, 1.82) is 0 Å². The Balaban J connectivity index is 0.00000338. The maximum Gasteiger partial charge on any atom is 0.246 e. The predicted molar refractivity (Wildman–Crippen MR) is 98.3 cm³/mol. The number of ether oxygens (including phenoxy) is 3. The van der Waals surface area contributed by atoms with E-state index in [1.54, 1.807) is 6.07 Å². The van der Waals surface area contributed by atoms with E-state index in [-0.39, 0.29) is 42.7 Å². The van der Waals surface area contributed by atoms with Crippen LogP contribution in [0.3, 0.4) is 0 Å². The molecule has 26 heavy (non-hydrogen) atoms. The highest BCUT2D eigenvalue weighted by Crippen LogP contribution is 2.30. The fraction of sp³-hybridized carbons (Fsp3) is 0.533. The Morgan fingerprint density at radius 2 is 2.00 bits per heavy atom. The van der Waals surface area contributed by atoms with Crippen molar-refractivity contribution in [2.75, 3.05) is 52.4 Å². The summed E-state index contributed by atoms with van der Waals surface area (Å²) in [7, 11) is -0.945. The largest absolute Gasteiger partial charge is 0.495 e. The Morgan fingerprint density at radius 3 is 2.58 bits per heavy atom. The molecular formula is C15H24ClN3O6S. The lowest BCUT2D eigenvalue weighted by Crippen LogP contribution is -2.41. The number of hydrogen-bond acceptors (Lipinski definition) is 7. The first-order valence-corrected chi connectivity index (χ1v) is 9.15. The Labute approximate surface area is 159 Å². The third-order valence-electron chi connectivity index (χ3n) is 3.70. The lowest BCUT2D eigenvalue weighted by Gasteiger charge is -2.27. The minimum Gasteiger partial charge on any atom is -0.495 e. The maximum absolute atomic E-state index is 12.9. The number of carbonyl (C=O) groups excluding carboxylic acids is 1. The van der Waals surface area contributed by atoms with Crippen LogP contribution in [0.15, 0.2) is 23.1 Å². The standard InChI is InChI=1S/C15H23N3O6S.ClH/c1-22-10-12(16)15(19)17-11-3-4-13(23-2)14(9-11)25(20,21)18-5-7-24-8-6-18;/h3-4,9,12H,5-8,10,16H2,1-2H3,(H,17,19);1H. The second-order valence-corrected chi connectivity index (χ2v) is 7.34. The molecule has 1 aromatic carbocycles. The normalized spacial score (nSPS) is 16.4. The molecule has 0 bridgehead atoms. The number of morpholine rings is 1. The number of hydrogen-bond donors (Lipinski definition) is 2. The molecule has 3 N–H and O–H groups in total. The summed E-state index contributed by atoms with van der Waals surface area (Å²) in [5.41, 5.74) is 5.98. The average molecular weight is 410 g/mol. The summed E-state index contributed by atoms with van der Waals surface area (Å²) in [6.07, 6.45) is 0. The van der Waals surface area contributed by atoms with Gasteiger partial charge in [-0.3, -0.25) is 4.79 Å². The molecule has 0 saturated carbocycles. The minimum atomic E-state index is -3.77. The SMILES string of the molecule is COCC(N)C(=O)Nc1ccc(OC)c(S(=O)(=O)N2CCOCC2)c1.Cl. The van der Waals surface area contributed by atoms with Crippen LogP contribution in [-0.4, -0.2) is 71.8 Å². The number of rotatable bonds is 7. The molecule has 1 amide bonds. The van der Waals surface area contributed by atoms with Gasteiger partial charge >= 0.3 is 0 Å². The molecule has 1 saturated heterocycles. The monoisotopic (exact) mass is 409 g/mol. The molecule has 0 aliphatic carbocycles. The van der Waals surface area contributed by atoms with Crippen molar-refractivity contribution in [3.63, 3.8) is 0 Å². The molecule has 2 rings (SSSR count). The fourth-order valence-electron chi connectivity index (χ4n) is 2.37. The lowest BCUT2D eigenvalue weighted by molar-refractivity contribution is -0.118. The van der Waals surface area contributed by atoms with Crippen LogP contribution in [0.4, 0.5) is 5.69 Å². The fourth-order valence-corrected chi connectivity index (χ4v) is 3.96. The van der Waals surface area contributed by atoms with E-state index < -0.39 is 22.0 Å². The van der Waals surface area contributed by atoms with Gasteiger partial charge in [-0.15, -0.1) is 12.4 Å². The van der Waals surface area contributed by atoms with Crippen LogP contribution in [-0.2, 0) is 24.3 Å². The molecule has 0 aromatic heterocycles. The molecule has 1 aromatic rings. The maximum atomic E-state index is 12.9. The van der Waals surface area contributed by atoms with Crippen LogP contribution in [0.1, 0.15) is 0 Å². The van der Waals surface area contributed by atoms with Crippen LogP contribution in [0.5, 0.6) is 5.75 Å². The molecule has 1 aliphatic rings. The van der Waals surface area contributed by atoms with E-state index in [1.807, 2.05) is 0 Å². The van der Waals surface area contributed by atoms with Gasteiger partial charge in [0.25, 0.3) is 0 Å². The lowest BCUT2D eigenvalue weighted by atomic mass is 10.2. The first-order chi connectivity index (χ1) is 11.9. The van der Waals surface area contributed by atoms with Crippen molar-refractivity contribution in [2.24, 2.45) is 5.73 Å². The van der Waals surface area contributed by atoms with Gasteiger partial charge in [-0.25, -0.2) is 8.42 Å². The number of anilines is 1. The highest BCUT2D eigenvalue weighted by atomic mass is 35.5. The van der Waals surface area contributed by atoms with Gasteiger partial charge in [0.15, 0.2) is 0 Å². The Morgan fingerprint density at radius 1 is 1.35 bits per heavy atom. The number of halogens is 1. The van der Waals surface area contributed by atoms with Gasteiger partial charge in [-0.05, 0) is 18.2 Å². The number of nitrogens with one attached hydrogen (secondary N) is 1. The summed E-state index contributed by atoms with van der Waals surface area (Å²) in [5.74, 6) is -0.271. The van der Waals surface area contributed by atoms with E-state index >= 15 is 0 Å². The summed E-state index contributed by atoms with van der Waals surface area (Å²) in [5, 5.41) is 2.59. The number of amides is 1. The Bertz CT molecular complexity index is 709. The first kappa shape index (κ1) is 22.6. The molecule has 0 radical (unpaired) electrons. The van der Waals surface area contributed by atoms with E-state index in [0.29, 0.717) is 18.9 Å². The van der Waals surface area contributed by atoms with Crippen LogP contribution in [0.25, 0.3) is 0 Å². The molecule has 1 fully saturated rings. The smallest absolute Gasteiger partial charge is 0.246 e. The Hall–Kier alpha value is -1.43. The summed E-state index contributed by atoms with van der Waals surface area (Å²) in [6, 6.07) is 3.55. The number of carbonyl (C=O) groups is 1. The van der Waals surface area contributed by atoms with E-state index in [4.69, 9.17) is 19.9 Å². The van der Waals surface area contributed by atoms with Crippen LogP contribution < -0.4 is 15.8 Å². The summed E-state index contributed by atoms with van der Waals surface area (Å²) >= 11 is 0. The molecular weight excluding hydrogens is 386 g/mol. The average Bonchev–Trinajstić information content (AvgIpc) is 2.62. The quantitative estimate of drug-likeness (QED) is 0.652. The molecule has 0 spiro atoms. The van der Waals surface area contributed by atoms with Crippen molar-refractivity contribution in [3.05, 3.63) is 18.2 Å². The van der Waals surface area contributed by atoms with Crippen molar-refractivity contribution < 1.29 is 27.4 Å². The number of benzene rings is 1. The zero-order valence-electron chi connectivity index (χ0n) is 14.6. The van der Waals surface area contributed by atoms with Gasteiger partial charge in [-0.2, -0.15) is 4.31 Å². The van der Waals surface area contributed by atoms with Crippen LogP contribution in [0.2, 0.25) is 0 Å². The summed E-state index contributed by atoms with van der Waals surface area (Å²) in [6.45, 7) is 1.26. The third-order valence-corrected chi connectivity index (χ3v) is 5.62. The molecule has 148 valence electrons. The van der Waals surface area contributed by atoms with Crippen molar-refractivity contribution >= 4 is 34.0 Å². The number of nitrogens with two attached hydrogens (primary N) is 1. The number of nitrogens with zero attached hydrogens (tertiary/aromatic N) is 1. The second kappa shape index (κ2) is 10.0. The second-order valence-electron chi connectivity index (χ2n) is 5.43. The van der Waals surface area contributed by atoms with Gasteiger partial charge in [0, 0.05) is 25.9 Å². The van der Waals surface area contributed by atoms with E-state index in [9.17, 15) is 13.2 Å². The zero-order chi connectivity index (χ0) is 18.4.